The predicted octanol–water partition coefficient (Wildman–Crippen LogP) is 4.31. The third-order valence-corrected chi connectivity index (χ3v) is 3.81. The van der Waals surface area contributed by atoms with Crippen molar-refractivity contribution in [2.24, 2.45) is 0 Å². The van der Waals surface area contributed by atoms with Crippen LogP contribution in [0.5, 0.6) is 0 Å². The fourth-order valence-corrected chi connectivity index (χ4v) is 2.82. The number of hydrogen-bond donors (Lipinski definition) is 1. The molecule has 18 heavy (non-hydrogen) atoms. The van der Waals surface area contributed by atoms with E-state index in [-0.39, 0.29) is 0 Å². The molecule has 2 heterocycles. The Kier molecular flexibility index (Phi) is 2.81. The first kappa shape index (κ1) is 11.3. The Balaban J connectivity index is 2.18. The summed E-state index contributed by atoms with van der Waals surface area (Å²) < 4.78 is 6.03. The van der Waals surface area contributed by atoms with Crippen molar-refractivity contribution in [2.45, 2.75) is 0 Å². The summed E-state index contributed by atoms with van der Waals surface area (Å²) in [6, 6.07) is 13.5. The molecule has 0 atom stereocenters. The van der Waals surface area contributed by atoms with Gasteiger partial charge in [-0.05, 0) is 17.7 Å². The Morgan fingerprint density at radius 2 is 1.89 bits per heavy atom. The highest BCUT2D eigenvalue weighted by atomic mass is 35.5. The average Bonchev–Trinajstić information content (AvgIpc) is 2.96. The van der Waals surface area contributed by atoms with Crippen molar-refractivity contribution >= 4 is 28.8 Å². The monoisotopic (exact) mass is 276 g/mol. The fourth-order valence-electron chi connectivity index (χ4n) is 1.79. The molecule has 0 aliphatic heterocycles. The molecule has 0 saturated carbocycles. The van der Waals surface area contributed by atoms with Crippen LogP contribution < -0.4 is 5.73 Å². The molecule has 0 aliphatic carbocycles. The fraction of sp³-hybridized carbons (Fsp3) is 0. The third kappa shape index (κ3) is 1.89. The number of hydrogen-bond acceptors (Lipinski definition) is 4. The normalized spacial score (nSPS) is 10.7. The quantitative estimate of drug-likeness (QED) is 0.759. The first-order valence-electron chi connectivity index (χ1n) is 5.32. The topological polar surface area (TPSA) is 52.0 Å². The Hall–Kier alpha value is -1.78. The van der Waals surface area contributed by atoms with E-state index in [2.05, 4.69) is 5.16 Å². The van der Waals surface area contributed by atoms with Crippen molar-refractivity contribution in [3.63, 3.8) is 0 Å². The molecule has 3 rings (SSSR count). The number of nitrogens with two attached hydrogens (primary N) is 1. The van der Waals surface area contributed by atoms with Gasteiger partial charge in [-0.2, -0.15) is 0 Å². The molecule has 5 heteroatoms. The highest BCUT2D eigenvalue weighted by Crippen LogP contribution is 2.40. The first-order valence-corrected chi connectivity index (χ1v) is 6.51. The number of rotatable bonds is 2. The van der Waals surface area contributed by atoms with E-state index in [0.717, 1.165) is 16.0 Å². The third-order valence-electron chi connectivity index (χ3n) is 2.58. The predicted molar refractivity (Wildman–Crippen MR) is 74.7 cm³/mol. The Bertz CT molecular complexity index is 675. The smallest absolute Gasteiger partial charge is 0.186 e. The highest BCUT2D eigenvalue weighted by Gasteiger charge is 2.18. The molecule has 90 valence electrons. The lowest BCUT2D eigenvalue weighted by Crippen LogP contribution is -1.87. The summed E-state index contributed by atoms with van der Waals surface area (Å²) >= 11 is 7.38. The molecule has 0 aliphatic rings. The van der Waals surface area contributed by atoms with Crippen molar-refractivity contribution in [3.05, 3.63) is 46.8 Å². The Morgan fingerprint density at radius 3 is 2.56 bits per heavy atom. The molecule has 0 saturated heterocycles. The summed E-state index contributed by atoms with van der Waals surface area (Å²) in [7, 11) is 0. The first-order chi connectivity index (χ1) is 8.75. The van der Waals surface area contributed by atoms with Crippen LogP contribution in [0.2, 0.25) is 4.34 Å². The lowest BCUT2D eigenvalue weighted by molar-refractivity contribution is 0.437. The van der Waals surface area contributed by atoms with Gasteiger partial charge in [-0.15, -0.1) is 11.3 Å². The van der Waals surface area contributed by atoms with Crippen molar-refractivity contribution in [2.75, 3.05) is 5.73 Å². The number of benzene rings is 1. The standard InChI is InChI=1S/C13H9ClN2OS/c14-10-7-6-9(18-10)12-11(13(15)16-17-12)8-4-2-1-3-5-8/h1-7H,(H2,15,16). The zero-order valence-corrected chi connectivity index (χ0v) is 10.8. The summed E-state index contributed by atoms with van der Waals surface area (Å²) in [5.74, 6) is 1.05. The zero-order chi connectivity index (χ0) is 12.5. The van der Waals surface area contributed by atoms with Crippen molar-refractivity contribution in [3.8, 4) is 21.8 Å². The summed E-state index contributed by atoms with van der Waals surface area (Å²) in [6.45, 7) is 0. The minimum Gasteiger partial charge on any atom is -0.380 e. The number of anilines is 1. The van der Waals surface area contributed by atoms with Gasteiger partial charge in [-0.1, -0.05) is 47.1 Å². The van der Waals surface area contributed by atoms with Gasteiger partial charge in [0.1, 0.15) is 0 Å². The molecule has 1 aromatic carbocycles. The van der Waals surface area contributed by atoms with E-state index in [4.69, 9.17) is 21.9 Å². The van der Waals surface area contributed by atoms with Gasteiger partial charge in [0.15, 0.2) is 11.6 Å². The molecular formula is C13H9ClN2OS. The molecule has 0 fully saturated rings. The van der Waals surface area contributed by atoms with Gasteiger partial charge in [0.05, 0.1) is 14.8 Å². The number of nitrogen functional groups attached to an aromatic ring is 1. The van der Waals surface area contributed by atoms with Crippen LogP contribution in [0, 0.1) is 0 Å². The molecular weight excluding hydrogens is 268 g/mol. The van der Waals surface area contributed by atoms with Gasteiger partial charge in [-0.25, -0.2) is 0 Å². The van der Waals surface area contributed by atoms with Gasteiger partial charge < -0.3 is 10.3 Å². The molecule has 0 amide bonds. The molecule has 3 nitrogen and oxygen atoms in total. The van der Waals surface area contributed by atoms with Crippen LogP contribution in [0.25, 0.3) is 21.8 Å². The van der Waals surface area contributed by atoms with Crippen molar-refractivity contribution in [1.82, 2.24) is 5.16 Å². The van der Waals surface area contributed by atoms with Gasteiger partial charge >= 0.3 is 0 Å². The van der Waals surface area contributed by atoms with Crippen molar-refractivity contribution in [1.29, 1.82) is 0 Å². The minimum absolute atomic E-state index is 0.390. The molecule has 0 unspecified atom stereocenters. The molecule has 0 spiro atoms. The van der Waals surface area contributed by atoms with E-state index in [9.17, 15) is 0 Å². The van der Waals surface area contributed by atoms with Crippen LogP contribution in [-0.4, -0.2) is 5.16 Å². The van der Waals surface area contributed by atoms with Gasteiger partial charge in [0, 0.05) is 0 Å². The summed E-state index contributed by atoms with van der Waals surface area (Å²) in [5.41, 5.74) is 7.68. The van der Waals surface area contributed by atoms with Crippen molar-refractivity contribution < 1.29 is 4.52 Å². The SMILES string of the molecule is Nc1noc(-c2ccc(Cl)s2)c1-c1ccccc1. The molecule has 2 aromatic heterocycles. The second-order valence-electron chi connectivity index (χ2n) is 3.74. The summed E-state index contributed by atoms with van der Waals surface area (Å²) in [4.78, 5) is 0.919. The zero-order valence-electron chi connectivity index (χ0n) is 9.26. The molecule has 2 N–H and O–H groups in total. The number of nitrogens with zero attached hydrogens (tertiary/aromatic N) is 1. The van der Waals surface area contributed by atoms with E-state index in [0.29, 0.717) is 15.9 Å². The highest BCUT2D eigenvalue weighted by molar-refractivity contribution is 7.19. The number of aromatic nitrogens is 1. The van der Waals surface area contributed by atoms with Gasteiger partial charge in [-0.3, -0.25) is 0 Å². The Labute approximate surface area is 113 Å². The second-order valence-corrected chi connectivity index (χ2v) is 5.46. The van der Waals surface area contributed by atoms with Crippen LogP contribution in [-0.2, 0) is 0 Å². The number of thiophene rings is 1. The summed E-state index contributed by atoms with van der Waals surface area (Å²) in [6.07, 6.45) is 0. The van der Waals surface area contributed by atoms with E-state index < -0.39 is 0 Å². The maximum atomic E-state index is 5.94. The maximum absolute atomic E-state index is 5.94. The largest absolute Gasteiger partial charge is 0.380 e. The van der Waals surface area contributed by atoms with Crippen LogP contribution in [0.15, 0.2) is 47.0 Å². The van der Waals surface area contributed by atoms with Gasteiger partial charge in [0.2, 0.25) is 0 Å². The van der Waals surface area contributed by atoms with Gasteiger partial charge in [0.25, 0.3) is 0 Å². The average molecular weight is 277 g/mol. The summed E-state index contributed by atoms with van der Waals surface area (Å²) in [5, 5.41) is 3.84. The van der Waals surface area contributed by atoms with Crippen LogP contribution in [0.4, 0.5) is 5.82 Å². The van der Waals surface area contributed by atoms with Crippen LogP contribution in [0.1, 0.15) is 0 Å². The lowest BCUT2D eigenvalue weighted by Gasteiger charge is -2.00. The number of halogens is 1. The molecule has 0 radical (unpaired) electrons. The van der Waals surface area contributed by atoms with Crippen LogP contribution >= 0.6 is 22.9 Å². The molecule has 3 aromatic rings. The van der Waals surface area contributed by atoms with E-state index in [1.54, 1.807) is 0 Å². The Morgan fingerprint density at radius 1 is 1.11 bits per heavy atom. The lowest BCUT2D eigenvalue weighted by atomic mass is 10.1. The van der Waals surface area contributed by atoms with E-state index in [1.807, 2.05) is 42.5 Å². The van der Waals surface area contributed by atoms with E-state index in [1.165, 1.54) is 11.3 Å². The minimum atomic E-state index is 0.390. The second kappa shape index (κ2) is 4.48. The van der Waals surface area contributed by atoms with E-state index >= 15 is 0 Å². The maximum Gasteiger partial charge on any atom is 0.186 e. The van der Waals surface area contributed by atoms with Crippen LogP contribution in [0.3, 0.4) is 0 Å². The molecule has 0 bridgehead atoms.